The third kappa shape index (κ3) is 5.28. The van der Waals surface area contributed by atoms with Crippen LogP contribution in [0.25, 0.3) is 0 Å². The van der Waals surface area contributed by atoms with Crippen LogP contribution in [0.2, 0.25) is 5.02 Å². The number of rotatable bonds is 5. The Labute approximate surface area is 204 Å². The van der Waals surface area contributed by atoms with Crippen LogP contribution in [-0.4, -0.2) is 72.1 Å². The Hall–Kier alpha value is -3.26. The Kier molecular flexibility index (Phi) is 7.26. The maximum absolute atomic E-state index is 13.0. The van der Waals surface area contributed by atoms with E-state index in [0.29, 0.717) is 56.3 Å². The van der Waals surface area contributed by atoms with Gasteiger partial charge in [-0.15, -0.1) is 0 Å². The highest BCUT2D eigenvalue weighted by Crippen LogP contribution is 2.25. The van der Waals surface area contributed by atoms with Crippen LogP contribution in [0.15, 0.2) is 42.5 Å². The van der Waals surface area contributed by atoms with Gasteiger partial charge in [0.05, 0.1) is 18.4 Å². The lowest BCUT2D eigenvalue weighted by molar-refractivity contribution is 0.0602. The summed E-state index contributed by atoms with van der Waals surface area (Å²) in [6, 6.07) is 12.7. The zero-order chi connectivity index (χ0) is 24.2. The van der Waals surface area contributed by atoms with Crippen LogP contribution in [0.4, 0.5) is 15.3 Å². The first-order chi connectivity index (χ1) is 16.4. The molecule has 0 atom stereocenters. The summed E-state index contributed by atoms with van der Waals surface area (Å²) >= 11 is 6.05. The largest absolute Gasteiger partial charge is 0.465 e. The molecule has 2 aromatic rings. The standard InChI is InChI=1S/C25H29ClN4O4/c1-17-3-5-18(6-4-17)16-29-13-14-30(25(29)33)20-9-11-28(12-10-20)24(32)27-22-15-19(26)7-8-21(22)23(31)34-2/h3-8,15,20H,9-14,16H2,1-2H3,(H,27,32). The lowest BCUT2D eigenvalue weighted by Gasteiger charge is -2.36. The van der Waals surface area contributed by atoms with E-state index < -0.39 is 5.97 Å². The Morgan fingerprint density at radius 1 is 1.06 bits per heavy atom. The summed E-state index contributed by atoms with van der Waals surface area (Å²) in [5, 5.41) is 3.19. The molecule has 0 aliphatic carbocycles. The molecule has 4 rings (SSSR count). The molecular weight excluding hydrogens is 456 g/mol. The van der Waals surface area contributed by atoms with Crippen LogP contribution in [0.1, 0.15) is 34.3 Å². The lowest BCUT2D eigenvalue weighted by atomic mass is 10.0. The summed E-state index contributed by atoms with van der Waals surface area (Å²) in [7, 11) is 1.29. The van der Waals surface area contributed by atoms with Gasteiger partial charge in [-0.2, -0.15) is 0 Å². The van der Waals surface area contributed by atoms with E-state index in [-0.39, 0.29) is 23.7 Å². The van der Waals surface area contributed by atoms with E-state index in [2.05, 4.69) is 29.6 Å². The van der Waals surface area contributed by atoms with Crippen molar-refractivity contribution in [1.29, 1.82) is 0 Å². The van der Waals surface area contributed by atoms with Gasteiger partial charge in [0, 0.05) is 43.8 Å². The molecule has 4 amide bonds. The average molecular weight is 485 g/mol. The summed E-state index contributed by atoms with van der Waals surface area (Å²) in [5.74, 6) is -0.548. The molecule has 0 saturated carbocycles. The van der Waals surface area contributed by atoms with Gasteiger partial charge in [-0.05, 0) is 43.5 Å². The van der Waals surface area contributed by atoms with Gasteiger partial charge in [0.25, 0.3) is 0 Å². The zero-order valence-corrected chi connectivity index (χ0v) is 20.2. The smallest absolute Gasteiger partial charge is 0.339 e. The molecule has 2 saturated heterocycles. The van der Waals surface area contributed by atoms with Crippen molar-refractivity contribution >= 4 is 35.3 Å². The number of carbonyl (C=O) groups excluding carboxylic acids is 3. The molecule has 9 heteroatoms. The predicted octanol–water partition coefficient (Wildman–Crippen LogP) is 4.37. The molecule has 34 heavy (non-hydrogen) atoms. The topological polar surface area (TPSA) is 82.2 Å². The van der Waals surface area contributed by atoms with Crippen molar-refractivity contribution in [2.45, 2.75) is 32.4 Å². The number of hydrogen-bond donors (Lipinski definition) is 1. The second-order valence-electron chi connectivity index (χ2n) is 8.71. The number of likely N-dealkylation sites (tertiary alicyclic amines) is 1. The Bertz CT molecular complexity index is 1070. The number of piperidine rings is 1. The number of esters is 1. The van der Waals surface area contributed by atoms with Crippen molar-refractivity contribution in [2.24, 2.45) is 0 Å². The normalized spacial score (nSPS) is 16.7. The summed E-state index contributed by atoms with van der Waals surface area (Å²) in [5.41, 5.74) is 2.88. The van der Waals surface area contributed by atoms with E-state index >= 15 is 0 Å². The van der Waals surface area contributed by atoms with Gasteiger partial charge in [-0.25, -0.2) is 14.4 Å². The summed E-state index contributed by atoms with van der Waals surface area (Å²) in [4.78, 5) is 43.4. The second-order valence-corrected chi connectivity index (χ2v) is 9.15. The van der Waals surface area contributed by atoms with Gasteiger partial charge in [0.15, 0.2) is 0 Å². The van der Waals surface area contributed by atoms with E-state index in [1.165, 1.54) is 24.8 Å². The quantitative estimate of drug-likeness (QED) is 0.639. The molecule has 2 aliphatic rings. The third-order valence-corrected chi connectivity index (χ3v) is 6.68. The van der Waals surface area contributed by atoms with Crippen molar-refractivity contribution in [3.8, 4) is 0 Å². The molecule has 2 heterocycles. The number of benzene rings is 2. The molecule has 0 aromatic heterocycles. The van der Waals surface area contributed by atoms with Crippen LogP contribution in [0, 0.1) is 6.92 Å². The lowest BCUT2D eigenvalue weighted by Crippen LogP contribution is -2.49. The first kappa shape index (κ1) is 23.9. The minimum atomic E-state index is -0.548. The number of hydrogen-bond acceptors (Lipinski definition) is 4. The van der Waals surface area contributed by atoms with Gasteiger partial charge in [-0.3, -0.25) is 0 Å². The van der Waals surface area contributed by atoms with E-state index in [9.17, 15) is 14.4 Å². The van der Waals surface area contributed by atoms with E-state index in [1.807, 2.05) is 16.7 Å². The van der Waals surface area contributed by atoms with Gasteiger partial charge < -0.3 is 24.8 Å². The third-order valence-electron chi connectivity index (χ3n) is 6.44. The maximum atomic E-state index is 13.0. The van der Waals surface area contributed by atoms with Gasteiger partial charge in [0.1, 0.15) is 0 Å². The SMILES string of the molecule is COC(=O)c1ccc(Cl)cc1NC(=O)N1CCC(N2CCN(Cc3ccc(C)cc3)C2=O)CC1. The van der Waals surface area contributed by atoms with Gasteiger partial charge in [-0.1, -0.05) is 41.4 Å². The maximum Gasteiger partial charge on any atom is 0.339 e. The Morgan fingerprint density at radius 3 is 2.44 bits per heavy atom. The monoisotopic (exact) mass is 484 g/mol. The summed E-state index contributed by atoms with van der Waals surface area (Å²) in [6.45, 7) is 5.11. The summed E-state index contributed by atoms with van der Waals surface area (Å²) in [6.07, 6.45) is 1.41. The molecule has 1 N–H and O–H groups in total. The highest BCUT2D eigenvalue weighted by Gasteiger charge is 2.36. The number of amides is 4. The molecule has 0 unspecified atom stereocenters. The molecule has 0 spiro atoms. The minimum Gasteiger partial charge on any atom is -0.465 e. The van der Waals surface area contributed by atoms with E-state index in [0.717, 1.165) is 5.56 Å². The number of urea groups is 2. The number of nitrogens with zero attached hydrogens (tertiary/aromatic N) is 3. The number of anilines is 1. The fraction of sp³-hybridized carbons (Fsp3) is 0.400. The zero-order valence-electron chi connectivity index (χ0n) is 19.4. The van der Waals surface area contributed by atoms with Gasteiger partial charge >= 0.3 is 18.0 Å². The number of nitrogens with one attached hydrogen (secondary N) is 1. The number of aryl methyl sites for hydroxylation is 1. The molecule has 0 bridgehead atoms. The van der Waals surface area contributed by atoms with Crippen LogP contribution in [0.5, 0.6) is 0 Å². The molecule has 180 valence electrons. The number of methoxy groups -OCH3 is 1. The van der Waals surface area contributed by atoms with E-state index in [1.54, 1.807) is 11.0 Å². The fourth-order valence-electron chi connectivity index (χ4n) is 4.48. The average Bonchev–Trinajstić information content (AvgIpc) is 3.20. The van der Waals surface area contributed by atoms with Crippen LogP contribution < -0.4 is 5.32 Å². The van der Waals surface area contributed by atoms with Crippen molar-refractivity contribution in [3.63, 3.8) is 0 Å². The fourth-order valence-corrected chi connectivity index (χ4v) is 4.66. The van der Waals surface area contributed by atoms with Crippen molar-refractivity contribution in [2.75, 3.05) is 38.6 Å². The summed E-state index contributed by atoms with van der Waals surface area (Å²) < 4.78 is 4.79. The Morgan fingerprint density at radius 2 is 1.76 bits per heavy atom. The van der Waals surface area contributed by atoms with Crippen LogP contribution >= 0.6 is 11.6 Å². The second kappa shape index (κ2) is 10.3. The predicted molar refractivity (Wildman–Crippen MR) is 130 cm³/mol. The highest BCUT2D eigenvalue weighted by molar-refractivity contribution is 6.31. The molecular formula is C25H29ClN4O4. The number of carbonyl (C=O) groups is 3. The van der Waals surface area contributed by atoms with Gasteiger partial charge in [0.2, 0.25) is 0 Å². The molecule has 2 fully saturated rings. The molecule has 2 aliphatic heterocycles. The molecule has 0 radical (unpaired) electrons. The molecule has 2 aromatic carbocycles. The van der Waals surface area contributed by atoms with Crippen LogP contribution in [0.3, 0.4) is 0 Å². The van der Waals surface area contributed by atoms with Crippen molar-refractivity contribution < 1.29 is 19.1 Å². The first-order valence-electron chi connectivity index (χ1n) is 11.4. The van der Waals surface area contributed by atoms with Crippen molar-refractivity contribution in [1.82, 2.24) is 14.7 Å². The first-order valence-corrected chi connectivity index (χ1v) is 11.8. The van der Waals surface area contributed by atoms with Crippen molar-refractivity contribution in [3.05, 3.63) is 64.2 Å². The number of ether oxygens (including phenoxy) is 1. The Balaban J connectivity index is 1.32. The minimum absolute atomic E-state index is 0.0603. The highest BCUT2D eigenvalue weighted by atomic mass is 35.5. The van der Waals surface area contributed by atoms with Crippen LogP contribution in [-0.2, 0) is 11.3 Å². The molecule has 8 nitrogen and oxygen atoms in total. The van der Waals surface area contributed by atoms with E-state index in [4.69, 9.17) is 16.3 Å². The number of halogens is 1.